The lowest BCUT2D eigenvalue weighted by atomic mass is 9.89. The first-order chi connectivity index (χ1) is 46.8. The van der Waals surface area contributed by atoms with E-state index in [0.29, 0.717) is 67.5 Å². The van der Waals surface area contributed by atoms with Crippen LogP contribution in [0.3, 0.4) is 0 Å². The first-order valence-corrected chi connectivity index (χ1v) is 35.1. The summed E-state index contributed by atoms with van der Waals surface area (Å²) in [5.41, 5.74) is 8.50. The van der Waals surface area contributed by atoms with Crippen molar-refractivity contribution >= 4 is 70.9 Å². The SMILES string of the molecule is C/C=C\C(=C/C)[C@H](O)[C@@H](C)NC(=O)[C@H](C)[C@@H](OC)[C@@H]1CCCN1C(=O)C[C@@H](OC)[C@H]([C@@H](C)CC)N(C)C(=O)[C@H](NC(=O)[C@H](C(C)C)N(C)C(=O)OCc1ccc(CC(=O)[C@H](CCCNC(N)=O)NC(=O)[C@@H](NC(=O)CCCc2ccc(N3C(=O)CC(C)C3=O)cc2)C(C)C)cc1)C(C)C. The summed E-state index contributed by atoms with van der Waals surface area (Å²) in [6.07, 6.45) is 5.59. The molecule has 8 N–H and O–H groups in total. The number of hydrogen-bond donors (Lipinski definition) is 7. The van der Waals surface area contributed by atoms with Crippen LogP contribution in [0, 0.1) is 35.5 Å². The number of benzene rings is 2. The van der Waals surface area contributed by atoms with E-state index in [9.17, 15) is 57.8 Å². The predicted octanol–water partition coefficient (Wildman–Crippen LogP) is 6.84. The van der Waals surface area contributed by atoms with Gasteiger partial charge in [-0.3, -0.25) is 53.0 Å². The van der Waals surface area contributed by atoms with Crippen molar-refractivity contribution in [1.29, 1.82) is 0 Å². The van der Waals surface area contributed by atoms with E-state index in [0.717, 1.165) is 5.56 Å². The summed E-state index contributed by atoms with van der Waals surface area (Å²) >= 11 is 0. The van der Waals surface area contributed by atoms with Gasteiger partial charge in [-0.2, -0.15) is 0 Å². The van der Waals surface area contributed by atoms with Crippen LogP contribution in [-0.4, -0.2) is 187 Å². The molecular weight excluding hydrogens is 1270 g/mol. The highest BCUT2D eigenvalue weighted by Gasteiger charge is 2.44. The number of primary amides is 1. The number of anilines is 1. The van der Waals surface area contributed by atoms with E-state index in [1.165, 1.54) is 31.1 Å². The molecular formula is C74H114N10O15. The Labute approximate surface area is 586 Å². The van der Waals surface area contributed by atoms with Gasteiger partial charge in [0.15, 0.2) is 5.78 Å². The molecule has 99 heavy (non-hydrogen) atoms. The summed E-state index contributed by atoms with van der Waals surface area (Å²) in [7, 11) is 6.10. The van der Waals surface area contributed by atoms with Crippen LogP contribution in [-0.2, 0) is 76.8 Å². The van der Waals surface area contributed by atoms with Gasteiger partial charge in [-0.25, -0.2) is 9.59 Å². The quantitative estimate of drug-likeness (QED) is 0.0205. The summed E-state index contributed by atoms with van der Waals surface area (Å²) < 4.78 is 17.8. The molecule has 25 nitrogen and oxygen atoms in total. The second-order valence-electron chi connectivity index (χ2n) is 27.6. The average Bonchev–Trinajstić information content (AvgIpc) is 1.78. The Bertz CT molecular complexity index is 3120. The molecule has 0 bridgehead atoms. The number of nitrogens with zero attached hydrogens (tertiary/aromatic N) is 4. The number of aryl methyl sites for hydroxylation is 1. The molecule has 0 saturated carbocycles. The number of carbonyl (C=O) groups is 11. The van der Waals surface area contributed by atoms with Gasteiger partial charge in [0, 0.05) is 66.6 Å². The molecule has 2 saturated heterocycles. The minimum Gasteiger partial charge on any atom is -0.445 e. The summed E-state index contributed by atoms with van der Waals surface area (Å²) in [5.74, 6) is -5.74. The van der Waals surface area contributed by atoms with E-state index in [-0.39, 0.29) is 98.3 Å². The van der Waals surface area contributed by atoms with Crippen molar-refractivity contribution in [2.75, 3.05) is 46.3 Å². The predicted molar refractivity (Wildman–Crippen MR) is 378 cm³/mol. The molecule has 1 unspecified atom stereocenters. The molecule has 550 valence electrons. The highest BCUT2D eigenvalue weighted by Crippen LogP contribution is 2.31. The number of urea groups is 1. The first-order valence-electron chi connectivity index (χ1n) is 35.1. The Kier molecular flexibility index (Phi) is 33.9. The molecule has 2 aromatic rings. The van der Waals surface area contributed by atoms with Gasteiger partial charge in [0.25, 0.3) is 0 Å². The molecule has 2 aliphatic heterocycles. The third-order valence-corrected chi connectivity index (χ3v) is 19.1. The highest BCUT2D eigenvalue weighted by molar-refractivity contribution is 6.20. The Hall–Kier alpha value is -8.03. The molecule has 25 heteroatoms. The number of nitrogens with two attached hydrogens (primary N) is 1. The Morgan fingerprint density at radius 2 is 1.38 bits per heavy atom. The largest absolute Gasteiger partial charge is 0.445 e. The van der Waals surface area contributed by atoms with Crippen molar-refractivity contribution in [3.05, 3.63) is 89.0 Å². The van der Waals surface area contributed by atoms with Crippen LogP contribution in [0.2, 0.25) is 0 Å². The zero-order valence-corrected chi connectivity index (χ0v) is 61.5. The fraction of sp³-hybridized carbons (Fsp3) is 0.635. The zero-order valence-electron chi connectivity index (χ0n) is 61.5. The summed E-state index contributed by atoms with van der Waals surface area (Å²) in [6.45, 7) is 23.9. The lowest BCUT2D eigenvalue weighted by Crippen LogP contribution is -2.60. The fourth-order valence-electron chi connectivity index (χ4n) is 13.1. The minimum atomic E-state index is -1.08. The minimum absolute atomic E-state index is 0.0899. The Morgan fingerprint density at radius 3 is 1.93 bits per heavy atom. The van der Waals surface area contributed by atoms with E-state index in [1.807, 2.05) is 45.9 Å². The highest BCUT2D eigenvalue weighted by atomic mass is 16.6. The van der Waals surface area contributed by atoms with Crippen molar-refractivity contribution in [3.8, 4) is 0 Å². The maximum atomic E-state index is 14.8. The molecule has 2 aromatic carbocycles. The van der Waals surface area contributed by atoms with Crippen LogP contribution in [0.25, 0.3) is 0 Å². The van der Waals surface area contributed by atoms with E-state index < -0.39 is 108 Å². The smallest absolute Gasteiger partial charge is 0.410 e. The number of ether oxygens (including phenoxy) is 3. The number of carbonyl (C=O) groups excluding carboxylic acids is 11. The fourth-order valence-corrected chi connectivity index (χ4v) is 13.1. The number of amides is 11. The van der Waals surface area contributed by atoms with Crippen LogP contribution < -0.4 is 37.2 Å². The van der Waals surface area contributed by atoms with Crippen LogP contribution in [0.5, 0.6) is 0 Å². The van der Waals surface area contributed by atoms with Crippen molar-refractivity contribution in [1.82, 2.24) is 41.3 Å². The second-order valence-corrected chi connectivity index (χ2v) is 27.6. The molecule has 4 rings (SSSR count). The summed E-state index contributed by atoms with van der Waals surface area (Å²) in [6, 6.07) is 7.27. The van der Waals surface area contributed by atoms with Gasteiger partial charge in [-0.1, -0.05) is 130 Å². The monoisotopic (exact) mass is 1380 g/mol. The molecule has 11 amide bonds. The van der Waals surface area contributed by atoms with Gasteiger partial charge in [0.1, 0.15) is 24.7 Å². The van der Waals surface area contributed by atoms with Gasteiger partial charge >= 0.3 is 12.1 Å². The lowest BCUT2D eigenvalue weighted by Gasteiger charge is -2.41. The molecule has 2 aliphatic rings. The number of ketones is 1. The number of Topliss-reactive ketones (excluding diaryl/α,β-unsaturated/α-hetero) is 1. The van der Waals surface area contributed by atoms with Gasteiger partial charge < -0.3 is 61.4 Å². The van der Waals surface area contributed by atoms with Crippen LogP contribution in [0.4, 0.5) is 15.3 Å². The average molecular weight is 1380 g/mol. The molecule has 0 spiro atoms. The zero-order chi connectivity index (χ0) is 74.1. The summed E-state index contributed by atoms with van der Waals surface area (Å²) in [5, 5.41) is 25.0. The van der Waals surface area contributed by atoms with Crippen molar-refractivity contribution in [2.24, 2.45) is 41.2 Å². The topological polar surface area (TPSA) is 335 Å². The Balaban J connectivity index is 1.38. The van der Waals surface area contributed by atoms with Crippen molar-refractivity contribution < 1.29 is 72.1 Å². The van der Waals surface area contributed by atoms with E-state index in [1.54, 1.807) is 128 Å². The molecule has 13 atom stereocenters. The van der Waals surface area contributed by atoms with Crippen LogP contribution >= 0.6 is 0 Å². The Morgan fingerprint density at radius 1 is 0.758 bits per heavy atom. The number of nitrogens with one attached hydrogen (secondary N) is 5. The molecule has 0 aromatic heterocycles. The maximum absolute atomic E-state index is 14.8. The second kappa shape index (κ2) is 40.3. The van der Waals surface area contributed by atoms with Gasteiger partial charge in [-0.05, 0) is 117 Å². The van der Waals surface area contributed by atoms with Crippen molar-refractivity contribution in [3.63, 3.8) is 0 Å². The normalized spacial score (nSPS) is 18.4. The number of likely N-dealkylation sites (tertiary alicyclic amines) is 1. The third-order valence-electron chi connectivity index (χ3n) is 19.1. The molecule has 0 radical (unpaired) electrons. The first kappa shape index (κ1) is 83.4. The molecule has 2 fully saturated rings. The van der Waals surface area contributed by atoms with Gasteiger partial charge in [0.05, 0.1) is 60.5 Å². The maximum Gasteiger partial charge on any atom is 0.410 e. The van der Waals surface area contributed by atoms with Crippen molar-refractivity contribution in [2.45, 2.75) is 228 Å². The number of methoxy groups -OCH3 is 2. The number of likely N-dealkylation sites (N-methyl/N-ethyl adjacent to an activating group) is 2. The van der Waals surface area contributed by atoms with E-state index in [4.69, 9.17) is 19.9 Å². The van der Waals surface area contributed by atoms with Gasteiger partial charge in [-0.15, -0.1) is 0 Å². The van der Waals surface area contributed by atoms with Crippen LogP contribution in [0.15, 0.2) is 72.3 Å². The standard InChI is InChI=1S/C74H114N10O15/c1-18-24-53(20-3)66(89)49(13)77-68(90)48(12)67(98-17)56-27-23-38-83(56)60(87)41-58(97-16)65(46(10)19-2)81(14)72(94)63(44(6)7)80-70(92)64(45(8)9)82(15)74(96)99-42-52-31-29-51(30-32-52)40-57(85)55(26-22-37-76-73(75)95)78-69(91)62(43(4)5)79-59(86)28-21-25-50-33-35-54(36-34-50)84-61(88)39-47(11)71(84)93/h18,20,24,29-36,43-49,55-56,58,62-67,89H,19,21-23,25-28,37-42H2,1-17H3,(H,77,90)(H,78,91)(H,79,86)(H,80,92)(H3,75,76,95)/b24-18-,53-20+/t46-,47?,48+,49+,55-,56-,58+,62-,63+,64-,65-,66+,67+/m0/s1. The van der Waals surface area contributed by atoms with E-state index >= 15 is 0 Å². The molecule has 2 heterocycles. The molecule has 0 aliphatic carbocycles. The number of imide groups is 1. The van der Waals surface area contributed by atoms with E-state index in [2.05, 4.69) is 26.6 Å². The number of aliphatic hydroxyl groups excluding tert-OH is 1. The number of rotatable bonds is 39. The van der Waals surface area contributed by atoms with Crippen LogP contribution in [0.1, 0.15) is 164 Å². The lowest BCUT2D eigenvalue weighted by molar-refractivity contribution is -0.148. The number of allylic oxidation sites excluding steroid dienone is 2. The summed E-state index contributed by atoms with van der Waals surface area (Å²) in [4.78, 5) is 155. The third kappa shape index (κ3) is 23.8. The number of hydrogen-bond acceptors (Lipinski definition) is 15. The number of aliphatic hydroxyl groups is 1. The van der Waals surface area contributed by atoms with Gasteiger partial charge in [0.2, 0.25) is 47.3 Å².